The van der Waals surface area contributed by atoms with Crippen LogP contribution in [-0.4, -0.2) is 23.1 Å². The predicted octanol–water partition coefficient (Wildman–Crippen LogP) is 6.98. The Labute approximate surface area is 197 Å². The molecule has 1 aliphatic rings. The van der Waals surface area contributed by atoms with Crippen LogP contribution in [0.4, 0.5) is 17.1 Å². The quantitative estimate of drug-likeness (QED) is 0.277. The second-order valence-corrected chi connectivity index (χ2v) is 8.70. The summed E-state index contributed by atoms with van der Waals surface area (Å²) in [5.74, 6) is 1.60. The summed E-state index contributed by atoms with van der Waals surface area (Å²) >= 11 is 0. The van der Waals surface area contributed by atoms with E-state index in [1.807, 2.05) is 30.6 Å². The molecule has 0 spiro atoms. The minimum absolute atomic E-state index is 0.795. The topological polar surface area (TPSA) is 33.0 Å². The molecule has 2 aromatic heterocycles. The van der Waals surface area contributed by atoms with E-state index in [-0.39, 0.29) is 0 Å². The Bertz CT molecular complexity index is 1700. The second-order valence-electron chi connectivity index (χ2n) is 8.70. The Kier molecular flexibility index (Phi) is 4.05. The van der Waals surface area contributed by atoms with Gasteiger partial charge in [-0.15, -0.1) is 0 Å². The first-order valence-electron chi connectivity index (χ1n) is 11.4. The van der Waals surface area contributed by atoms with Crippen LogP contribution >= 0.6 is 0 Å². The SMILES string of the molecule is CN1CN(c2cccc(Oc3ccc4c5ccccc5n5ccnc5c4c3)c2)c2ccccc21. The number of ether oxygens (including phenoxy) is 1. The van der Waals surface area contributed by atoms with Gasteiger partial charge in [-0.2, -0.15) is 0 Å². The fourth-order valence-electron chi connectivity index (χ4n) is 5.07. The lowest BCUT2D eigenvalue weighted by molar-refractivity contribution is 0.483. The molecule has 6 aromatic rings. The molecule has 5 nitrogen and oxygen atoms in total. The molecule has 0 aliphatic carbocycles. The lowest BCUT2D eigenvalue weighted by Gasteiger charge is -2.20. The van der Waals surface area contributed by atoms with Crippen molar-refractivity contribution >= 4 is 44.4 Å². The Balaban J connectivity index is 1.29. The number of hydrogen-bond donors (Lipinski definition) is 0. The first-order chi connectivity index (χ1) is 16.8. The van der Waals surface area contributed by atoms with Crippen molar-refractivity contribution in [1.29, 1.82) is 0 Å². The lowest BCUT2D eigenvalue weighted by Crippen LogP contribution is -2.23. The maximum Gasteiger partial charge on any atom is 0.145 e. The fourth-order valence-corrected chi connectivity index (χ4v) is 5.07. The average molecular weight is 443 g/mol. The molecular weight excluding hydrogens is 420 g/mol. The molecule has 4 aromatic carbocycles. The summed E-state index contributed by atoms with van der Waals surface area (Å²) in [5, 5.41) is 3.45. The van der Waals surface area contributed by atoms with Crippen LogP contribution in [0.1, 0.15) is 0 Å². The Hall–Kier alpha value is -4.51. The van der Waals surface area contributed by atoms with Crippen LogP contribution in [-0.2, 0) is 0 Å². The standard InChI is InChI=1S/C29H22N4O/c1-31-19-33(28-12-5-4-11-27(28)31)20-7-6-8-21(17-20)34-22-13-14-23-24-9-2-3-10-26(24)32-16-15-30-29(32)25(23)18-22/h2-18H,19H2,1H3. The Morgan fingerprint density at radius 3 is 2.50 bits per heavy atom. The molecule has 0 amide bonds. The lowest BCUT2D eigenvalue weighted by atomic mass is 10.1. The monoisotopic (exact) mass is 442 g/mol. The van der Waals surface area contributed by atoms with Gasteiger partial charge in [-0.1, -0.05) is 36.4 Å². The van der Waals surface area contributed by atoms with E-state index in [4.69, 9.17) is 4.74 Å². The Morgan fingerprint density at radius 2 is 1.56 bits per heavy atom. The maximum atomic E-state index is 6.36. The van der Waals surface area contributed by atoms with E-state index in [1.54, 1.807) is 0 Å². The van der Waals surface area contributed by atoms with Crippen LogP contribution in [0.3, 0.4) is 0 Å². The van der Waals surface area contributed by atoms with E-state index < -0.39 is 0 Å². The molecule has 164 valence electrons. The number of benzene rings is 4. The number of imidazole rings is 1. The third-order valence-corrected chi connectivity index (χ3v) is 6.63. The van der Waals surface area contributed by atoms with E-state index in [0.29, 0.717) is 0 Å². The normalized spacial score (nSPS) is 13.2. The van der Waals surface area contributed by atoms with Crippen LogP contribution in [0.5, 0.6) is 11.5 Å². The molecule has 0 bridgehead atoms. The minimum atomic E-state index is 0.795. The van der Waals surface area contributed by atoms with Crippen molar-refractivity contribution in [2.24, 2.45) is 0 Å². The molecule has 0 atom stereocenters. The van der Waals surface area contributed by atoms with Gasteiger partial charge < -0.3 is 14.5 Å². The second kappa shape index (κ2) is 7.25. The van der Waals surface area contributed by atoms with Crippen molar-refractivity contribution in [2.75, 3.05) is 23.5 Å². The summed E-state index contributed by atoms with van der Waals surface area (Å²) < 4.78 is 8.50. The minimum Gasteiger partial charge on any atom is -0.457 e. The number of hydrogen-bond acceptors (Lipinski definition) is 4. The van der Waals surface area contributed by atoms with Crippen molar-refractivity contribution < 1.29 is 4.74 Å². The van der Waals surface area contributed by atoms with Crippen molar-refractivity contribution in [3.63, 3.8) is 0 Å². The van der Waals surface area contributed by atoms with Gasteiger partial charge in [-0.05, 0) is 53.9 Å². The molecule has 0 radical (unpaired) electrons. The van der Waals surface area contributed by atoms with Crippen molar-refractivity contribution in [1.82, 2.24) is 9.38 Å². The molecule has 0 saturated heterocycles. The number of anilines is 3. The van der Waals surface area contributed by atoms with Crippen LogP contribution in [0.2, 0.25) is 0 Å². The number of nitrogens with zero attached hydrogens (tertiary/aromatic N) is 4. The van der Waals surface area contributed by atoms with Gasteiger partial charge in [0, 0.05) is 42.0 Å². The number of aromatic nitrogens is 2. The van der Waals surface area contributed by atoms with Gasteiger partial charge in [0.05, 0.1) is 23.6 Å². The van der Waals surface area contributed by atoms with Crippen LogP contribution < -0.4 is 14.5 Å². The molecule has 3 heterocycles. The van der Waals surface area contributed by atoms with Gasteiger partial charge in [-0.3, -0.25) is 4.40 Å². The zero-order valence-electron chi connectivity index (χ0n) is 18.7. The number of pyridine rings is 1. The van der Waals surface area contributed by atoms with Gasteiger partial charge in [-0.25, -0.2) is 4.98 Å². The first-order valence-corrected chi connectivity index (χ1v) is 11.4. The Morgan fingerprint density at radius 1 is 0.735 bits per heavy atom. The molecule has 1 aliphatic heterocycles. The largest absolute Gasteiger partial charge is 0.457 e. The third-order valence-electron chi connectivity index (χ3n) is 6.63. The van der Waals surface area contributed by atoms with E-state index in [2.05, 4.69) is 99.0 Å². The molecule has 7 rings (SSSR count). The van der Waals surface area contributed by atoms with Crippen molar-refractivity contribution in [3.05, 3.63) is 103 Å². The van der Waals surface area contributed by atoms with Gasteiger partial charge >= 0.3 is 0 Å². The molecule has 5 heteroatoms. The average Bonchev–Trinajstić information content (AvgIpc) is 3.50. The highest BCUT2D eigenvalue weighted by atomic mass is 16.5. The highest BCUT2D eigenvalue weighted by molar-refractivity contribution is 6.12. The summed E-state index contributed by atoms with van der Waals surface area (Å²) in [7, 11) is 2.12. The first kappa shape index (κ1) is 19.0. The smallest absolute Gasteiger partial charge is 0.145 e. The number of fused-ring (bicyclic) bond motifs is 7. The summed E-state index contributed by atoms with van der Waals surface area (Å²) in [5.41, 5.74) is 5.64. The van der Waals surface area contributed by atoms with E-state index in [0.717, 1.165) is 40.4 Å². The highest BCUT2D eigenvalue weighted by Gasteiger charge is 2.24. The van der Waals surface area contributed by atoms with E-state index in [1.165, 1.54) is 22.1 Å². The zero-order chi connectivity index (χ0) is 22.6. The summed E-state index contributed by atoms with van der Waals surface area (Å²) in [6.45, 7) is 0.809. The van der Waals surface area contributed by atoms with Gasteiger partial charge in [0.1, 0.15) is 17.1 Å². The molecule has 0 fully saturated rings. The van der Waals surface area contributed by atoms with E-state index in [9.17, 15) is 0 Å². The van der Waals surface area contributed by atoms with Gasteiger partial charge in [0.15, 0.2) is 0 Å². The molecule has 0 saturated carbocycles. The van der Waals surface area contributed by atoms with Gasteiger partial charge in [0.2, 0.25) is 0 Å². The molecule has 0 N–H and O–H groups in total. The van der Waals surface area contributed by atoms with Crippen molar-refractivity contribution in [3.8, 4) is 11.5 Å². The van der Waals surface area contributed by atoms with Crippen LogP contribution in [0.25, 0.3) is 27.3 Å². The van der Waals surface area contributed by atoms with Crippen molar-refractivity contribution in [2.45, 2.75) is 0 Å². The van der Waals surface area contributed by atoms with Crippen LogP contribution in [0, 0.1) is 0 Å². The molecular formula is C29H22N4O. The maximum absolute atomic E-state index is 6.36. The molecule has 34 heavy (non-hydrogen) atoms. The number of rotatable bonds is 3. The highest BCUT2D eigenvalue weighted by Crippen LogP contribution is 2.41. The van der Waals surface area contributed by atoms with Crippen LogP contribution in [0.15, 0.2) is 103 Å². The summed E-state index contributed by atoms with van der Waals surface area (Å²) in [4.78, 5) is 9.20. The van der Waals surface area contributed by atoms with Gasteiger partial charge in [0.25, 0.3) is 0 Å². The summed E-state index contributed by atoms with van der Waals surface area (Å²) in [6.07, 6.45) is 3.86. The zero-order valence-corrected chi connectivity index (χ0v) is 18.7. The van der Waals surface area contributed by atoms with E-state index >= 15 is 0 Å². The summed E-state index contributed by atoms with van der Waals surface area (Å²) in [6, 6.07) is 31.5. The number of para-hydroxylation sites is 3. The predicted molar refractivity (Wildman–Crippen MR) is 139 cm³/mol. The third kappa shape index (κ3) is 2.83. The molecule has 0 unspecified atom stereocenters. The fraction of sp³-hybridized carbons (Fsp3) is 0.0690.